The molecule has 90 valence electrons. The Morgan fingerprint density at radius 3 is 2.59 bits per heavy atom. The molecule has 0 spiro atoms. The van der Waals surface area contributed by atoms with Gasteiger partial charge in [-0.15, -0.1) is 0 Å². The van der Waals surface area contributed by atoms with Gasteiger partial charge in [0.1, 0.15) is 12.1 Å². The van der Waals surface area contributed by atoms with E-state index in [1.54, 1.807) is 25.5 Å². The van der Waals surface area contributed by atoms with Gasteiger partial charge < -0.3 is 9.63 Å². The first-order valence-corrected chi connectivity index (χ1v) is 5.05. The number of aromatic carboxylic acids is 1. The van der Waals surface area contributed by atoms with Crippen LogP contribution < -0.4 is 0 Å². The zero-order chi connectivity index (χ0) is 12.6. The Hall–Kier alpha value is -2.18. The van der Waals surface area contributed by atoms with Crippen LogP contribution in [0.5, 0.6) is 0 Å². The van der Waals surface area contributed by atoms with E-state index in [0.29, 0.717) is 29.6 Å². The first-order valence-electron chi connectivity index (χ1n) is 5.05. The predicted octanol–water partition coefficient (Wildman–Crippen LogP) is 0.938. The molecular weight excluding hydrogens is 224 g/mol. The number of hydrogen-bond acceptors (Lipinski definition) is 5. The number of hydrogen-bond donors (Lipinski definition) is 1. The van der Waals surface area contributed by atoms with E-state index >= 15 is 0 Å². The molecule has 0 saturated carbocycles. The van der Waals surface area contributed by atoms with Crippen molar-refractivity contribution in [3.05, 3.63) is 28.7 Å². The molecule has 0 unspecified atom stereocenters. The molecule has 0 aromatic carbocycles. The van der Waals surface area contributed by atoms with Crippen LogP contribution in [0.2, 0.25) is 0 Å². The first kappa shape index (κ1) is 11.3. The second-order valence-electron chi connectivity index (χ2n) is 3.74. The number of aryl methyl sites for hydroxylation is 2. The lowest BCUT2D eigenvalue weighted by molar-refractivity contribution is 0.0695. The maximum absolute atomic E-state index is 11.0. The zero-order valence-corrected chi connectivity index (χ0v) is 9.76. The summed E-state index contributed by atoms with van der Waals surface area (Å²) in [6.45, 7) is 5.36. The van der Waals surface area contributed by atoms with Crippen molar-refractivity contribution in [3.63, 3.8) is 0 Å². The van der Waals surface area contributed by atoms with Gasteiger partial charge in [-0.05, 0) is 13.8 Å². The second kappa shape index (κ2) is 4.00. The summed E-state index contributed by atoms with van der Waals surface area (Å²) in [7, 11) is 0. The van der Waals surface area contributed by atoms with Gasteiger partial charge in [-0.25, -0.2) is 4.79 Å². The molecule has 0 aliphatic rings. The van der Waals surface area contributed by atoms with E-state index in [9.17, 15) is 4.79 Å². The molecule has 0 fully saturated rings. The lowest BCUT2D eigenvalue weighted by Gasteiger charge is -1.99. The minimum absolute atomic E-state index is 0.227. The number of aromatic nitrogens is 4. The van der Waals surface area contributed by atoms with Gasteiger partial charge in [-0.2, -0.15) is 10.1 Å². The van der Waals surface area contributed by atoms with Crippen LogP contribution in [0.1, 0.15) is 33.5 Å². The van der Waals surface area contributed by atoms with Gasteiger partial charge in [0, 0.05) is 6.92 Å². The third kappa shape index (κ3) is 2.03. The van der Waals surface area contributed by atoms with Gasteiger partial charge in [-0.3, -0.25) is 4.68 Å². The van der Waals surface area contributed by atoms with E-state index in [0.717, 1.165) is 0 Å². The minimum Gasteiger partial charge on any atom is -0.478 e. The van der Waals surface area contributed by atoms with Crippen LogP contribution >= 0.6 is 0 Å². The number of carboxylic acid groups (broad SMARTS) is 1. The highest BCUT2D eigenvalue weighted by Gasteiger charge is 2.18. The van der Waals surface area contributed by atoms with Gasteiger partial charge in [-0.1, -0.05) is 5.16 Å². The third-order valence-electron chi connectivity index (χ3n) is 2.46. The average molecular weight is 236 g/mol. The molecule has 2 aromatic rings. The number of carbonyl (C=O) groups is 1. The molecule has 0 aliphatic carbocycles. The van der Waals surface area contributed by atoms with Crippen LogP contribution in [0.15, 0.2) is 4.52 Å². The molecule has 0 amide bonds. The summed E-state index contributed by atoms with van der Waals surface area (Å²) in [5.74, 6) is -0.0272. The monoisotopic (exact) mass is 236 g/mol. The zero-order valence-electron chi connectivity index (χ0n) is 9.76. The van der Waals surface area contributed by atoms with Crippen LogP contribution in [0.25, 0.3) is 0 Å². The molecule has 2 heterocycles. The van der Waals surface area contributed by atoms with Crippen molar-refractivity contribution >= 4 is 5.97 Å². The van der Waals surface area contributed by atoms with E-state index < -0.39 is 5.97 Å². The van der Waals surface area contributed by atoms with Crippen LogP contribution in [0.4, 0.5) is 0 Å². The Balaban J connectivity index is 2.34. The van der Waals surface area contributed by atoms with Crippen LogP contribution in [0, 0.1) is 20.8 Å². The molecule has 7 nitrogen and oxygen atoms in total. The van der Waals surface area contributed by atoms with E-state index in [1.165, 1.54) is 0 Å². The molecular formula is C10H12N4O3. The van der Waals surface area contributed by atoms with Crippen LogP contribution in [0.3, 0.4) is 0 Å². The van der Waals surface area contributed by atoms with Gasteiger partial charge in [0.25, 0.3) is 0 Å². The molecule has 7 heteroatoms. The quantitative estimate of drug-likeness (QED) is 0.852. The largest absolute Gasteiger partial charge is 0.478 e. The van der Waals surface area contributed by atoms with E-state index in [1.807, 2.05) is 0 Å². The lowest BCUT2D eigenvalue weighted by Crippen LogP contribution is -2.07. The lowest BCUT2D eigenvalue weighted by atomic mass is 10.2. The summed E-state index contributed by atoms with van der Waals surface area (Å²) >= 11 is 0. The first-order chi connectivity index (χ1) is 7.99. The molecule has 0 bridgehead atoms. The van der Waals surface area contributed by atoms with Crippen molar-refractivity contribution in [1.82, 2.24) is 19.9 Å². The number of rotatable bonds is 3. The summed E-state index contributed by atoms with van der Waals surface area (Å²) in [6, 6.07) is 0. The summed E-state index contributed by atoms with van der Waals surface area (Å²) < 4.78 is 6.40. The van der Waals surface area contributed by atoms with Crippen LogP contribution in [-0.4, -0.2) is 31.0 Å². The van der Waals surface area contributed by atoms with Gasteiger partial charge in [0.15, 0.2) is 5.82 Å². The molecule has 2 aromatic heterocycles. The molecule has 0 aliphatic heterocycles. The molecule has 2 rings (SSSR count). The Kier molecular flexibility index (Phi) is 2.66. The molecule has 1 N–H and O–H groups in total. The topological polar surface area (TPSA) is 94.0 Å². The summed E-state index contributed by atoms with van der Waals surface area (Å²) in [5.41, 5.74) is 1.29. The van der Waals surface area contributed by atoms with Crippen molar-refractivity contribution in [1.29, 1.82) is 0 Å². The Bertz CT molecular complexity index is 570. The second-order valence-corrected chi connectivity index (χ2v) is 3.74. The molecule has 0 radical (unpaired) electrons. The highest BCUT2D eigenvalue weighted by atomic mass is 16.5. The van der Waals surface area contributed by atoms with Gasteiger partial charge in [0.2, 0.25) is 5.89 Å². The third-order valence-corrected chi connectivity index (χ3v) is 2.46. The van der Waals surface area contributed by atoms with Crippen LogP contribution in [-0.2, 0) is 6.54 Å². The van der Waals surface area contributed by atoms with Crippen molar-refractivity contribution in [2.75, 3.05) is 0 Å². The summed E-state index contributed by atoms with van der Waals surface area (Å²) in [5, 5.41) is 16.9. The molecule has 17 heavy (non-hydrogen) atoms. The van der Waals surface area contributed by atoms with Crippen molar-refractivity contribution in [3.8, 4) is 0 Å². The van der Waals surface area contributed by atoms with Gasteiger partial charge in [0.05, 0.1) is 11.4 Å². The van der Waals surface area contributed by atoms with Crippen molar-refractivity contribution in [2.45, 2.75) is 27.3 Å². The highest BCUT2D eigenvalue weighted by Crippen LogP contribution is 2.13. The normalized spacial score (nSPS) is 10.8. The van der Waals surface area contributed by atoms with Crippen molar-refractivity contribution < 1.29 is 14.4 Å². The summed E-state index contributed by atoms with van der Waals surface area (Å²) in [4.78, 5) is 15.1. The predicted molar refractivity (Wildman–Crippen MR) is 56.8 cm³/mol. The number of carboxylic acids is 1. The van der Waals surface area contributed by atoms with Crippen molar-refractivity contribution in [2.24, 2.45) is 0 Å². The Morgan fingerprint density at radius 2 is 2.12 bits per heavy atom. The standard InChI is InChI=1S/C10H12N4O3/c1-5-9(10(15)16)6(2)14(12-5)4-8-11-7(3)17-13-8/h4H2,1-3H3,(H,15,16). The molecule has 0 saturated heterocycles. The van der Waals surface area contributed by atoms with E-state index in [4.69, 9.17) is 9.63 Å². The summed E-state index contributed by atoms with van der Waals surface area (Å²) in [6.07, 6.45) is 0. The fraction of sp³-hybridized carbons (Fsp3) is 0.400. The Labute approximate surface area is 97.1 Å². The maximum atomic E-state index is 11.0. The Morgan fingerprint density at radius 1 is 1.41 bits per heavy atom. The minimum atomic E-state index is -0.976. The van der Waals surface area contributed by atoms with E-state index in [2.05, 4.69) is 15.2 Å². The fourth-order valence-electron chi connectivity index (χ4n) is 1.70. The number of nitrogens with zero attached hydrogens (tertiary/aromatic N) is 4. The maximum Gasteiger partial charge on any atom is 0.339 e. The van der Waals surface area contributed by atoms with E-state index in [-0.39, 0.29) is 5.56 Å². The highest BCUT2D eigenvalue weighted by molar-refractivity contribution is 5.90. The SMILES string of the molecule is Cc1nc(Cn2nc(C)c(C(=O)O)c2C)no1. The average Bonchev–Trinajstić information content (AvgIpc) is 2.73. The fourth-order valence-corrected chi connectivity index (χ4v) is 1.70. The molecule has 0 atom stereocenters. The smallest absolute Gasteiger partial charge is 0.339 e. The van der Waals surface area contributed by atoms with Gasteiger partial charge >= 0.3 is 5.97 Å².